The Bertz CT molecular complexity index is 1800. The summed E-state index contributed by atoms with van der Waals surface area (Å²) >= 11 is 0. The Morgan fingerprint density at radius 3 is 2.59 bits per heavy atom. The van der Waals surface area contributed by atoms with Crippen molar-refractivity contribution in [1.29, 1.82) is 5.26 Å². The van der Waals surface area contributed by atoms with Crippen LogP contribution in [0, 0.1) is 24.1 Å². The maximum absolute atomic E-state index is 13.9. The average molecular weight is 472 g/mol. The van der Waals surface area contributed by atoms with Gasteiger partial charge in [-0.25, -0.2) is 12.8 Å². The number of imidazole rings is 1. The van der Waals surface area contributed by atoms with Gasteiger partial charge in [0.15, 0.2) is 0 Å². The molecule has 2 heterocycles. The number of halogens is 1. The van der Waals surface area contributed by atoms with Gasteiger partial charge in [0.2, 0.25) is 16.5 Å². The summed E-state index contributed by atoms with van der Waals surface area (Å²) in [6.07, 6.45) is 1.66. The van der Waals surface area contributed by atoms with Crippen LogP contribution in [0.3, 0.4) is 0 Å². The van der Waals surface area contributed by atoms with Crippen molar-refractivity contribution in [2.24, 2.45) is 11.4 Å². The van der Waals surface area contributed by atoms with Crippen LogP contribution in [-0.4, -0.2) is 22.5 Å². The highest BCUT2D eigenvalue weighted by atomic mass is 32.2. The maximum atomic E-state index is 13.9. The van der Waals surface area contributed by atoms with Gasteiger partial charge in [0, 0.05) is 12.4 Å². The first-order valence-electron chi connectivity index (χ1n) is 10.3. The Morgan fingerprint density at radius 1 is 1.06 bits per heavy atom. The molecule has 5 aromatic rings. The summed E-state index contributed by atoms with van der Waals surface area (Å²) in [4.78, 5) is 4.55. The average Bonchev–Trinajstić information content (AvgIpc) is 3.10. The Labute approximate surface area is 195 Å². The van der Waals surface area contributed by atoms with E-state index in [1.54, 1.807) is 40.6 Å². The zero-order chi connectivity index (χ0) is 24.0. The molecule has 0 bridgehead atoms. The topological polar surface area (TPSA) is 93.0 Å². The first-order valence-corrected chi connectivity index (χ1v) is 11.5. The fourth-order valence-corrected chi connectivity index (χ4v) is 4.56. The zero-order valence-electron chi connectivity index (χ0n) is 18.2. The third-order valence-corrected chi connectivity index (χ3v) is 6.16. The summed E-state index contributed by atoms with van der Waals surface area (Å²) in [5.74, 6) is -0.340. The van der Waals surface area contributed by atoms with Crippen LogP contribution in [0.25, 0.3) is 38.8 Å². The zero-order valence-corrected chi connectivity index (χ0v) is 19.1. The van der Waals surface area contributed by atoms with Crippen LogP contribution in [0.1, 0.15) is 11.1 Å². The van der Waals surface area contributed by atoms with Gasteiger partial charge in [0.25, 0.3) is 0 Å². The molecule has 2 aromatic heterocycles. The number of aromatic nitrogens is 3. The predicted molar refractivity (Wildman–Crippen MR) is 128 cm³/mol. The van der Waals surface area contributed by atoms with Crippen molar-refractivity contribution in [2.75, 3.05) is 0 Å². The van der Waals surface area contributed by atoms with E-state index < -0.39 is 10.9 Å². The highest BCUT2D eigenvalue weighted by Gasteiger charge is 2.18. The van der Waals surface area contributed by atoms with E-state index in [0.29, 0.717) is 33.4 Å². The van der Waals surface area contributed by atoms with Crippen LogP contribution in [-0.2, 0) is 17.9 Å². The van der Waals surface area contributed by atoms with Crippen molar-refractivity contribution in [3.63, 3.8) is 0 Å². The molecule has 0 aliphatic carbocycles. The Morgan fingerprint density at radius 2 is 1.85 bits per heavy atom. The fourth-order valence-electron chi connectivity index (χ4n) is 4.19. The molecule has 3 aromatic carbocycles. The first kappa shape index (κ1) is 21.6. The van der Waals surface area contributed by atoms with Gasteiger partial charge in [-0.1, -0.05) is 24.3 Å². The van der Waals surface area contributed by atoms with E-state index in [0.717, 1.165) is 16.5 Å². The molecule has 0 fully saturated rings. The van der Waals surface area contributed by atoms with E-state index >= 15 is 0 Å². The molecule has 168 valence electrons. The lowest BCUT2D eigenvalue weighted by Crippen LogP contribution is -2.24. The van der Waals surface area contributed by atoms with Crippen molar-refractivity contribution in [3.8, 4) is 22.9 Å². The van der Waals surface area contributed by atoms with E-state index in [9.17, 15) is 18.1 Å². The van der Waals surface area contributed by atoms with Crippen molar-refractivity contribution < 1.29 is 12.8 Å². The lowest BCUT2D eigenvalue weighted by atomic mass is 10.0. The second-order valence-electron chi connectivity index (χ2n) is 7.88. The molecule has 0 spiro atoms. The lowest BCUT2D eigenvalue weighted by molar-refractivity contribution is 0.613. The number of hydrogen-bond donors (Lipinski definition) is 1. The second kappa shape index (κ2) is 8.24. The van der Waals surface area contributed by atoms with Gasteiger partial charge in [0.1, 0.15) is 5.82 Å². The van der Waals surface area contributed by atoms with E-state index in [4.69, 9.17) is 0 Å². The maximum Gasteiger partial charge on any atom is 0.246 e. The molecule has 7 nitrogen and oxygen atoms in total. The molecule has 0 radical (unpaired) electrons. The number of aryl methyl sites for hydroxylation is 2. The third kappa shape index (κ3) is 3.54. The molecule has 34 heavy (non-hydrogen) atoms. The van der Waals surface area contributed by atoms with Gasteiger partial charge in [-0.2, -0.15) is 5.26 Å². The summed E-state index contributed by atoms with van der Waals surface area (Å²) in [6, 6.07) is 19.3. The second-order valence-corrected chi connectivity index (χ2v) is 8.56. The van der Waals surface area contributed by atoms with Gasteiger partial charge < -0.3 is 4.57 Å². The van der Waals surface area contributed by atoms with Gasteiger partial charge in [-0.05, 0) is 60.0 Å². The molecule has 0 saturated carbocycles. The third-order valence-electron chi connectivity index (χ3n) is 5.81. The van der Waals surface area contributed by atoms with Crippen LogP contribution >= 0.6 is 0 Å². The highest BCUT2D eigenvalue weighted by Crippen LogP contribution is 2.31. The van der Waals surface area contributed by atoms with Crippen LogP contribution < -0.4 is 5.62 Å². The molecule has 0 N–H and O–H groups in total. The van der Waals surface area contributed by atoms with Gasteiger partial charge in [-0.15, -0.1) is 4.40 Å². The Hall–Kier alpha value is -4.29. The van der Waals surface area contributed by atoms with E-state index in [1.165, 1.54) is 12.1 Å². The normalized spacial score (nSPS) is 12.0. The Balaban J connectivity index is 1.98. The number of thiol groups is 1. The lowest BCUT2D eigenvalue weighted by Gasteiger charge is -2.11. The molecule has 0 aliphatic heterocycles. The molecule has 5 rings (SSSR count). The molecule has 0 saturated heterocycles. The molecule has 0 aliphatic rings. The van der Waals surface area contributed by atoms with Gasteiger partial charge in [-0.3, -0.25) is 9.55 Å². The first-order chi connectivity index (χ1) is 16.4. The van der Waals surface area contributed by atoms with Crippen LogP contribution in [0.2, 0.25) is 0 Å². The highest BCUT2D eigenvalue weighted by molar-refractivity contribution is 7.70. The molecule has 0 atom stereocenters. The molecule has 0 unspecified atom stereocenters. The smallest absolute Gasteiger partial charge is 0.246 e. The van der Waals surface area contributed by atoms with Crippen molar-refractivity contribution >= 4 is 32.8 Å². The number of benzene rings is 3. The van der Waals surface area contributed by atoms with Gasteiger partial charge >= 0.3 is 0 Å². The molecule has 0 amide bonds. The van der Waals surface area contributed by atoms with E-state index in [2.05, 4.69) is 15.5 Å². The quantitative estimate of drug-likeness (QED) is 0.404. The summed E-state index contributed by atoms with van der Waals surface area (Å²) < 4.78 is 44.5. The minimum Gasteiger partial charge on any atom is -0.311 e. The van der Waals surface area contributed by atoms with Crippen LogP contribution in [0.5, 0.6) is 0 Å². The number of nitriles is 1. The fraction of sp³-hybridized carbons (Fsp3) is 0.0800. The van der Waals surface area contributed by atoms with Gasteiger partial charge in [0.05, 0.1) is 40.1 Å². The monoisotopic (exact) mass is 471 g/mol. The molecular formula is C25H18FN5O2S. The van der Waals surface area contributed by atoms with Crippen molar-refractivity contribution in [2.45, 2.75) is 6.92 Å². The van der Waals surface area contributed by atoms with Crippen LogP contribution in [0.15, 0.2) is 71.3 Å². The molecular weight excluding hydrogens is 453 g/mol. The summed E-state index contributed by atoms with van der Waals surface area (Å²) in [6.45, 7) is 1.88. The summed E-state index contributed by atoms with van der Waals surface area (Å²) in [5.41, 5.74) is 5.57. The standard InChI is InChI=1S/C25H18FN5O2S/c1-15-6-7-16(13-27)10-22(15)31-24-20-12-18(17-4-3-5-19(26)11-17)8-9-21(20)28-14-23(24)30(2)25(31)29-34(32)33/h3-12,14,34H,1-2H3. The number of fused-ring (bicyclic) bond motifs is 3. The summed E-state index contributed by atoms with van der Waals surface area (Å²) in [7, 11) is -1.38. The molecule has 9 heteroatoms. The number of rotatable bonds is 3. The number of hydrogen-bond acceptors (Lipinski definition) is 4. The van der Waals surface area contributed by atoms with E-state index in [1.807, 2.05) is 37.3 Å². The van der Waals surface area contributed by atoms with E-state index in [-0.39, 0.29) is 11.4 Å². The van der Waals surface area contributed by atoms with Crippen molar-refractivity contribution in [1.82, 2.24) is 14.1 Å². The summed E-state index contributed by atoms with van der Waals surface area (Å²) in [5, 5.41) is 10.2. The van der Waals surface area contributed by atoms with Crippen LogP contribution in [0.4, 0.5) is 4.39 Å². The number of pyridine rings is 1. The largest absolute Gasteiger partial charge is 0.311 e. The minimum atomic E-state index is -3.09. The Kier molecular flexibility index (Phi) is 5.23. The van der Waals surface area contributed by atoms with Crippen molar-refractivity contribution in [3.05, 3.63) is 89.4 Å². The predicted octanol–water partition coefficient (Wildman–Crippen LogP) is 3.93. The number of nitrogens with zero attached hydrogens (tertiary/aromatic N) is 5. The SMILES string of the molecule is Cc1ccc(C#N)cc1-n1c(=N[SH](=O)=O)n(C)c2cnc3ccc(-c4cccc(F)c4)cc3c21. The minimum absolute atomic E-state index is 0.176.